The molecule has 0 aliphatic carbocycles. The molecule has 0 aliphatic heterocycles. The van der Waals surface area contributed by atoms with Gasteiger partial charge in [-0.05, 0) is 44.5 Å². The molecule has 1 rings (SSSR count). The third-order valence-corrected chi connectivity index (χ3v) is 2.86. The Morgan fingerprint density at radius 1 is 1.00 bits per heavy atom. The number of carbonyl (C=O) groups is 2. The van der Waals surface area contributed by atoms with Gasteiger partial charge in [-0.2, -0.15) is 0 Å². The van der Waals surface area contributed by atoms with E-state index in [-0.39, 0.29) is 18.4 Å². The highest BCUT2D eigenvalue weighted by molar-refractivity contribution is 6.00. The van der Waals surface area contributed by atoms with Crippen LogP contribution in [-0.2, 0) is 14.3 Å². The molecular weight excluding hydrogens is 282 g/mol. The van der Waals surface area contributed by atoms with Gasteiger partial charge in [-0.1, -0.05) is 13.3 Å². The van der Waals surface area contributed by atoms with Crippen LogP contribution in [0.5, 0.6) is 0 Å². The van der Waals surface area contributed by atoms with E-state index in [4.69, 9.17) is 9.47 Å². The molecule has 22 heavy (non-hydrogen) atoms. The lowest BCUT2D eigenvalue weighted by molar-refractivity contribution is -0.141. The van der Waals surface area contributed by atoms with Gasteiger partial charge < -0.3 is 9.47 Å². The average Bonchev–Trinajstić information content (AvgIpc) is 2.48. The number of esters is 2. The van der Waals surface area contributed by atoms with Crippen LogP contribution in [0.25, 0.3) is 0 Å². The number of benzene rings is 1. The first kappa shape index (κ1) is 17.9. The maximum Gasteiger partial charge on any atom is 0.338 e. The largest absolute Gasteiger partial charge is 0.466 e. The van der Waals surface area contributed by atoms with Crippen molar-refractivity contribution in [2.24, 2.45) is 4.99 Å². The van der Waals surface area contributed by atoms with Crippen LogP contribution in [0, 0.1) is 0 Å². The third kappa shape index (κ3) is 6.08. The van der Waals surface area contributed by atoms with E-state index >= 15 is 0 Å². The van der Waals surface area contributed by atoms with Gasteiger partial charge in [0.05, 0.1) is 30.9 Å². The van der Waals surface area contributed by atoms with Gasteiger partial charge in [0.25, 0.3) is 0 Å². The lowest BCUT2D eigenvalue weighted by atomic mass is 10.1. The van der Waals surface area contributed by atoms with Gasteiger partial charge in [0.1, 0.15) is 0 Å². The SMILES string of the molecule is CCCC(CC(=O)OCC)=Nc1ccc(C(=O)OCC)cc1. The smallest absolute Gasteiger partial charge is 0.338 e. The quantitative estimate of drug-likeness (QED) is 0.542. The minimum Gasteiger partial charge on any atom is -0.466 e. The molecule has 5 nitrogen and oxygen atoms in total. The molecule has 0 heterocycles. The summed E-state index contributed by atoms with van der Waals surface area (Å²) < 4.78 is 9.88. The Hall–Kier alpha value is -2.17. The molecule has 120 valence electrons. The van der Waals surface area contributed by atoms with Crippen molar-refractivity contribution in [2.45, 2.75) is 40.0 Å². The van der Waals surface area contributed by atoms with Crippen molar-refractivity contribution >= 4 is 23.3 Å². The Morgan fingerprint density at radius 2 is 1.64 bits per heavy atom. The Balaban J connectivity index is 2.82. The van der Waals surface area contributed by atoms with Crippen molar-refractivity contribution in [1.82, 2.24) is 0 Å². The molecule has 0 saturated carbocycles. The first-order valence-electron chi connectivity index (χ1n) is 7.59. The van der Waals surface area contributed by atoms with Gasteiger partial charge in [0.15, 0.2) is 0 Å². The molecule has 0 amide bonds. The van der Waals surface area contributed by atoms with Crippen molar-refractivity contribution in [3.8, 4) is 0 Å². The minimum atomic E-state index is -0.349. The van der Waals surface area contributed by atoms with E-state index < -0.39 is 0 Å². The summed E-state index contributed by atoms with van der Waals surface area (Å²) in [6, 6.07) is 6.83. The standard InChI is InChI=1S/C17H23NO4/c1-4-7-15(12-16(19)21-5-2)18-14-10-8-13(9-11-14)17(20)22-6-3/h8-11H,4-7,12H2,1-3H3. The summed E-state index contributed by atoms with van der Waals surface area (Å²) in [5.74, 6) is -0.615. The molecule has 0 saturated heterocycles. The molecule has 0 aromatic heterocycles. The highest BCUT2D eigenvalue weighted by atomic mass is 16.5. The van der Waals surface area contributed by atoms with E-state index in [1.807, 2.05) is 6.92 Å². The molecule has 1 aromatic rings. The van der Waals surface area contributed by atoms with Crippen LogP contribution in [0.3, 0.4) is 0 Å². The van der Waals surface area contributed by atoms with E-state index in [0.29, 0.717) is 24.5 Å². The maximum absolute atomic E-state index is 11.6. The van der Waals surface area contributed by atoms with Crippen LogP contribution >= 0.6 is 0 Å². The minimum absolute atomic E-state index is 0.196. The van der Waals surface area contributed by atoms with Gasteiger partial charge >= 0.3 is 11.9 Å². The van der Waals surface area contributed by atoms with Gasteiger partial charge in [-0.25, -0.2) is 4.79 Å². The van der Waals surface area contributed by atoms with Crippen LogP contribution in [-0.4, -0.2) is 30.9 Å². The Labute approximate surface area is 131 Å². The first-order chi connectivity index (χ1) is 10.6. The number of hydrogen-bond acceptors (Lipinski definition) is 5. The predicted molar refractivity (Wildman–Crippen MR) is 85.7 cm³/mol. The molecule has 0 aliphatic rings. The molecule has 0 atom stereocenters. The summed E-state index contributed by atoms with van der Waals surface area (Å²) >= 11 is 0. The van der Waals surface area contributed by atoms with E-state index in [0.717, 1.165) is 18.6 Å². The summed E-state index contributed by atoms with van der Waals surface area (Å²) in [6.07, 6.45) is 1.83. The second-order valence-electron chi connectivity index (χ2n) is 4.68. The fraction of sp³-hybridized carbons (Fsp3) is 0.471. The molecule has 0 bridgehead atoms. The summed E-state index contributed by atoms with van der Waals surface area (Å²) in [5, 5.41) is 0. The zero-order valence-electron chi connectivity index (χ0n) is 13.4. The van der Waals surface area contributed by atoms with Crippen LogP contribution in [0.15, 0.2) is 29.3 Å². The fourth-order valence-electron chi connectivity index (χ4n) is 1.92. The monoisotopic (exact) mass is 305 g/mol. The number of carbonyl (C=O) groups excluding carboxylic acids is 2. The Kier molecular flexibility index (Phi) is 7.89. The molecule has 0 N–H and O–H groups in total. The summed E-state index contributed by atoms with van der Waals surface area (Å²) in [4.78, 5) is 27.6. The molecule has 1 aromatic carbocycles. The zero-order chi connectivity index (χ0) is 16.4. The van der Waals surface area contributed by atoms with Crippen LogP contribution in [0.1, 0.15) is 50.4 Å². The number of nitrogens with zero attached hydrogens (tertiary/aromatic N) is 1. The highest BCUT2D eigenvalue weighted by Crippen LogP contribution is 2.16. The zero-order valence-corrected chi connectivity index (χ0v) is 13.4. The molecule has 5 heteroatoms. The Morgan fingerprint density at radius 3 is 2.18 bits per heavy atom. The number of aliphatic imine (C=N–C) groups is 1. The molecule has 0 fully saturated rings. The topological polar surface area (TPSA) is 65.0 Å². The second-order valence-corrected chi connectivity index (χ2v) is 4.68. The van der Waals surface area contributed by atoms with E-state index in [2.05, 4.69) is 4.99 Å². The molecular formula is C17H23NO4. The number of hydrogen-bond donors (Lipinski definition) is 0. The summed E-state index contributed by atoms with van der Waals surface area (Å²) in [7, 11) is 0. The summed E-state index contributed by atoms with van der Waals surface area (Å²) in [6.45, 7) is 6.29. The lowest BCUT2D eigenvalue weighted by Gasteiger charge is -2.06. The number of rotatable bonds is 8. The predicted octanol–water partition coefficient (Wildman–Crippen LogP) is 3.69. The Bertz CT molecular complexity index is 520. The summed E-state index contributed by atoms with van der Waals surface area (Å²) in [5.41, 5.74) is 1.98. The maximum atomic E-state index is 11.6. The van der Waals surface area contributed by atoms with E-state index in [1.165, 1.54) is 0 Å². The average molecular weight is 305 g/mol. The van der Waals surface area contributed by atoms with Crippen molar-refractivity contribution in [3.05, 3.63) is 29.8 Å². The van der Waals surface area contributed by atoms with Gasteiger partial charge in [0.2, 0.25) is 0 Å². The molecule has 0 spiro atoms. The third-order valence-electron chi connectivity index (χ3n) is 2.86. The first-order valence-corrected chi connectivity index (χ1v) is 7.59. The lowest BCUT2D eigenvalue weighted by Crippen LogP contribution is -2.11. The van der Waals surface area contributed by atoms with Crippen molar-refractivity contribution in [2.75, 3.05) is 13.2 Å². The molecule has 0 unspecified atom stereocenters. The van der Waals surface area contributed by atoms with Crippen molar-refractivity contribution in [1.29, 1.82) is 0 Å². The van der Waals surface area contributed by atoms with Gasteiger partial charge in [0, 0.05) is 5.71 Å². The van der Waals surface area contributed by atoms with Crippen molar-refractivity contribution < 1.29 is 19.1 Å². The van der Waals surface area contributed by atoms with Crippen LogP contribution < -0.4 is 0 Å². The van der Waals surface area contributed by atoms with Crippen LogP contribution in [0.4, 0.5) is 5.69 Å². The van der Waals surface area contributed by atoms with E-state index in [9.17, 15) is 9.59 Å². The van der Waals surface area contributed by atoms with Gasteiger partial charge in [-0.15, -0.1) is 0 Å². The second kappa shape index (κ2) is 9.71. The van der Waals surface area contributed by atoms with E-state index in [1.54, 1.807) is 38.1 Å². The highest BCUT2D eigenvalue weighted by Gasteiger charge is 2.09. The normalized spacial score (nSPS) is 11.1. The molecule has 0 radical (unpaired) electrons. The number of ether oxygens (including phenoxy) is 2. The van der Waals surface area contributed by atoms with Gasteiger partial charge in [-0.3, -0.25) is 9.79 Å². The van der Waals surface area contributed by atoms with Crippen LogP contribution in [0.2, 0.25) is 0 Å². The fourth-order valence-corrected chi connectivity index (χ4v) is 1.92. The van der Waals surface area contributed by atoms with Crippen molar-refractivity contribution in [3.63, 3.8) is 0 Å².